The molecule has 1 aromatic rings. The normalized spacial score (nSPS) is 17.4. The van der Waals surface area contributed by atoms with Gasteiger partial charge in [0.15, 0.2) is 0 Å². The number of nitriles is 1. The summed E-state index contributed by atoms with van der Waals surface area (Å²) >= 11 is 0. The Morgan fingerprint density at radius 2 is 2.10 bits per heavy atom. The summed E-state index contributed by atoms with van der Waals surface area (Å²) in [5, 5.41) is 8.87. The molecule has 6 nitrogen and oxygen atoms in total. The number of nitrogens with one attached hydrogen (secondary N) is 1. The zero-order chi connectivity index (χ0) is 15.5. The molecule has 114 valence electrons. The van der Waals surface area contributed by atoms with E-state index in [1.807, 2.05) is 6.07 Å². The second kappa shape index (κ2) is 6.02. The predicted molar refractivity (Wildman–Crippen MR) is 78.3 cm³/mol. The Morgan fingerprint density at radius 3 is 2.62 bits per heavy atom. The van der Waals surface area contributed by atoms with Gasteiger partial charge in [-0.15, -0.1) is 0 Å². The Morgan fingerprint density at radius 1 is 1.43 bits per heavy atom. The average molecular weight is 309 g/mol. The fourth-order valence-electron chi connectivity index (χ4n) is 2.70. The molecular weight excluding hydrogens is 290 g/mol. The minimum absolute atomic E-state index is 0.0312. The van der Waals surface area contributed by atoms with Crippen LogP contribution in [0.1, 0.15) is 31.2 Å². The molecule has 1 aromatic carbocycles. The third-order valence-corrected chi connectivity index (χ3v) is 5.50. The van der Waals surface area contributed by atoms with Crippen molar-refractivity contribution in [1.82, 2.24) is 4.72 Å². The number of hydrogen-bond donors (Lipinski definition) is 2. The number of nitrogens with two attached hydrogens (primary N) is 1. The van der Waals surface area contributed by atoms with Gasteiger partial charge in [0, 0.05) is 12.1 Å². The van der Waals surface area contributed by atoms with Crippen molar-refractivity contribution in [3.63, 3.8) is 0 Å². The first-order valence-electron chi connectivity index (χ1n) is 6.78. The predicted octanol–water partition coefficient (Wildman–Crippen LogP) is 1.12. The number of benzene rings is 1. The third-order valence-electron chi connectivity index (χ3n) is 3.88. The van der Waals surface area contributed by atoms with Crippen LogP contribution in [0.15, 0.2) is 23.1 Å². The molecule has 1 aliphatic carbocycles. The molecule has 0 aliphatic heterocycles. The van der Waals surface area contributed by atoms with Gasteiger partial charge in [-0.1, -0.05) is 12.8 Å². The number of rotatable bonds is 5. The van der Waals surface area contributed by atoms with Crippen LogP contribution in [0.3, 0.4) is 0 Å². The van der Waals surface area contributed by atoms with Crippen molar-refractivity contribution in [2.45, 2.75) is 36.1 Å². The van der Waals surface area contributed by atoms with E-state index in [4.69, 9.17) is 15.7 Å². The van der Waals surface area contributed by atoms with E-state index in [1.165, 1.54) is 25.3 Å². The molecule has 0 unspecified atom stereocenters. The Kier molecular flexibility index (Phi) is 4.52. The smallest absolute Gasteiger partial charge is 0.244 e. The fourth-order valence-corrected chi connectivity index (χ4v) is 4.32. The quantitative estimate of drug-likeness (QED) is 0.848. The van der Waals surface area contributed by atoms with Crippen molar-refractivity contribution in [2.24, 2.45) is 5.73 Å². The molecule has 0 amide bonds. The zero-order valence-corrected chi connectivity index (χ0v) is 12.7. The fraction of sp³-hybridized carbons (Fsp3) is 0.500. The third kappa shape index (κ3) is 3.18. The highest BCUT2D eigenvalue weighted by molar-refractivity contribution is 7.89. The lowest BCUT2D eigenvalue weighted by atomic mass is 10.0. The monoisotopic (exact) mass is 309 g/mol. The Hall–Kier alpha value is -1.62. The van der Waals surface area contributed by atoms with Crippen LogP contribution >= 0.6 is 0 Å². The molecule has 0 bridgehead atoms. The first-order chi connectivity index (χ1) is 9.96. The van der Waals surface area contributed by atoms with E-state index in [0.717, 1.165) is 25.7 Å². The lowest BCUT2D eigenvalue weighted by molar-refractivity contribution is 0.389. The highest BCUT2D eigenvalue weighted by Gasteiger charge is 2.37. The van der Waals surface area contributed by atoms with Crippen molar-refractivity contribution >= 4 is 10.0 Å². The molecule has 0 saturated heterocycles. The Labute approximate surface area is 125 Å². The molecule has 0 atom stereocenters. The Balaban J connectivity index is 2.38. The molecule has 1 fully saturated rings. The molecular formula is C14H19N3O3S. The maximum Gasteiger partial charge on any atom is 0.244 e. The number of methoxy groups -OCH3 is 1. The van der Waals surface area contributed by atoms with Gasteiger partial charge in [-0.3, -0.25) is 0 Å². The maximum atomic E-state index is 12.6. The highest BCUT2D eigenvalue weighted by Crippen LogP contribution is 2.32. The number of ether oxygens (including phenoxy) is 1. The summed E-state index contributed by atoms with van der Waals surface area (Å²) in [5.74, 6) is 0.159. The van der Waals surface area contributed by atoms with Crippen LogP contribution in [0.2, 0.25) is 0 Å². The standard InChI is InChI=1S/C14H19N3O3S/c1-20-12-8-11(9-15)4-5-13(12)21(18,19)17-14(10-16)6-2-3-7-14/h4-5,8,17H,2-3,6-7,10,16H2,1H3. The summed E-state index contributed by atoms with van der Waals surface area (Å²) in [6.07, 6.45) is 3.40. The molecule has 0 spiro atoms. The van der Waals surface area contributed by atoms with Crippen LogP contribution in [-0.2, 0) is 10.0 Å². The molecule has 1 saturated carbocycles. The van der Waals surface area contributed by atoms with Gasteiger partial charge in [0.1, 0.15) is 10.6 Å². The number of hydrogen-bond acceptors (Lipinski definition) is 5. The van der Waals surface area contributed by atoms with Crippen molar-refractivity contribution < 1.29 is 13.2 Å². The van der Waals surface area contributed by atoms with E-state index in [9.17, 15) is 8.42 Å². The molecule has 3 N–H and O–H groups in total. The lowest BCUT2D eigenvalue weighted by Crippen LogP contribution is -2.51. The van der Waals surface area contributed by atoms with Crippen LogP contribution < -0.4 is 15.2 Å². The maximum absolute atomic E-state index is 12.6. The molecule has 0 aromatic heterocycles. The molecule has 0 radical (unpaired) electrons. The van der Waals surface area contributed by atoms with Crippen molar-refractivity contribution in [1.29, 1.82) is 5.26 Å². The van der Waals surface area contributed by atoms with Crippen LogP contribution in [0, 0.1) is 11.3 Å². The van der Waals surface area contributed by atoms with Crippen molar-refractivity contribution in [3.05, 3.63) is 23.8 Å². The zero-order valence-electron chi connectivity index (χ0n) is 11.9. The van der Waals surface area contributed by atoms with E-state index < -0.39 is 15.6 Å². The first kappa shape index (κ1) is 15.8. The molecule has 7 heteroatoms. The molecule has 0 heterocycles. The minimum Gasteiger partial charge on any atom is -0.495 e. The lowest BCUT2D eigenvalue weighted by Gasteiger charge is -2.28. The van der Waals surface area contributed by atoms with Gasteiger partial charge in [-0.05, 0) is 31.0 Å². The van der Waals surface area contributed by atoms with Crippen LogP contribution in [0.4, 0.5) is 0 Å². The summed E-state index contributed by atoms with van der Waals surface area (Å²) < 4.78 is 33.0. The highest BCUT2D eigenvalue weighted by atomic mass is 32.2. The van der Waals surface area contributed by atoms with E-state index in [0.29, 0.717) is 5.56 Å². The van der Waals surface area contributed by atoms with Gasteiger partial charge in [-0.25, -0.2) is 13.1 Å². The SMILES string of the molecule is COc1cc(C#N)ccc1S(=O)(=O)NC1(CN)CCCC1. The van der Waals surface area contributed by atoms with Gasteiger partial charge in [0.05, 0.1) is 18.7 Å². The number of nitrogens with zero attached hydrogens (tertiary/aromatic N) is 1. The van der Waals surface area contributed by atoms with E-state index in [-0.39, 0.29) is 17.2 Å². The summed E-state index contributed by atoms with van der Waals surface area (Å²) in [6, 6.07) is 6.22. The van der Waals surface area contributed by atoms with Crippen LogP contribution in [0.5, 0.6) is 5.75 Å². The second-order valence-electron chi connectivity index (χ2n) is 5.27. The average Bonchev–Trinajstić information content (AvgIpc) is 2.94. The van der Waals surface area contributed by atoms with Gasteiger partial charge < -0.3 is 10.5 Å². The van der Waals surface area contributed by atoms with E-state index >= 15 is 0 Å². The van der Waals surface area contributed by atoms with Gasteiger partial charge >= 0.3 is 0 Å². The van der Waals surface area contributed by atoms with Crippen molar-refractivity contribution in [2.75, 3.05) is 13.7 Å². The number of sulfonamides is 1. The molecule has 1 aliphatic rings. The van der Waals surface area contributed by atoms with Crippen LogP contribution in [0.25, 0.3) is 0 Å². The summed E-state index contributed by atoms with van der Waals surface area (Å²) in [6.45, 7) is 0.269. The topological polar surface area (TPSA) is 105 Å². The van der Waals surface area contributed by atoms with E-state index in [1.54, 1.807) is 0 Å². The van der Waals surface area contributed by atoms with Gasteiger partial charge in [-0.2, -0.15) is 5.26 Å². The van der Waals surface area contributed by atoms with E-state index in [2.05, 4.69) is 4.72 Å². The second-order valence-corrected chi connectivity index (χ2v) is 6.93. The molecule has 2 rings (SSSR count). The Bertz CT molecular complexity index is 659. The molecule has 21 heavy (non-hydrogen) atoms. The summed E-state index contributed by atoms with van der Waals surface area (Å²) in [5.41, 5.74) is 5.54. The minimum atomic E-state index is -3.75. The van der Waals surface area contributed by atoms with Gasteiger partial charge in [0.25, 0.3) is 0 Å². The first-order valence-corrected chi connectivity index (χ1v) is 8.27. The summed E-state index contributed by atoms with van der Waals surface area (Å²) in [4.78, 5) is 0.0312. The van der Waals surface area contributed by atoms with Crippen molar-refractivity contribution in [3.8, 4) is 11.8 Å². The largest absolute Gasteiger partial charge is 0.495 e. The van der Waals surface area contributed by atoms with Gasteiger partial charge in [0.2, 0.25) is 10.0 Å². The van der Waals surface area contributed by atoms with Crippen LogP contribution in [-0.4, -0.2) is 27.6 Å². The summed E-state index contributed by atoms with van der Waals surface area (Å²) in [7, 11) is -2.37.